The lowest BCUT2D eigenvalue weighted by Crippen LogP contribution is -2.02. The third-order valence-corrected chi connectivity index (χ3v) is 5.05. The second-order valence-corrected chi connectivity index (χ2v) is 7.14. The van der Waals surface area contributed by atoms with Crippen molar-refractivity contribution in [3.63, 3.8) is 0 Å². The summed E-state index contributed by atoms with van der Waals surface area (Å²) in [5.41, 5.74) is 4.97. The molecule has 3 heterocycles. The highest BCUT2D eigenvalue weighted by molar-refractivity contribution is 7.98. The van der Waals surface area contributed by atoms with Gasteiger partial charge in [-0.15, -0.1) is 5.10 Å². The molecule has 0 fully saturated rings. The summed E-state index contributed by atoms with van der Waals surface area (Å²) in [6, 6.07) is 14.1. The highest BCUT2D eigenvalue weighted by Crippen LogP contribution is 2.26. The molecule has 0 radical (unpaired) electrons. The van der Waals surface area contributed by atoms with Gasteiger partial charge >= 0.3 is 0 Å². The van der Waals surface area contributed by atoms with E-state index in [0.29, 0.717) is 27.9 Å². The first-order valence-electron chi connectivity index (χ1n) is 8.44. The fraction of sp³-hybridized carbons (Fsp3) is 0.211. The standard InChI is InChI=1S/C19H17N7S/c1-12-9-13(2)25-18(21-12)22-19(24-25)27-11-17-16(10-20)14(3)23-26(17)15-7-5-4-6-8-15/h4-9H,11H2,1-3H3. The van der Waals surface area contributed by atoms with Gasteiger partial charge < -0.3 is 0 Å². The van der Waals surface area contributed by atoms with E-state index < -0.39 is 0 Å². The summed E-state index contributed by atoms with van der Waals surface area (Å²) >= 11 is 1.47. The van der Waals surface area contributed by atoms with Gasteiger partial charge in [-0.1, -0.05) is 30.0 Å². The molecule has 0 bridgehead atoms. The number of para-hydroxylation sites is 1. The molecular formula is C19H17N7S. The first kappa shape index (κ1) is 17.2. The van der Waals surface area contributed by atoms with Crippen LogP contribution in [-0.2, 0) is 5.75 Å². The van der Waals surface area contributed by atoms with E-state index in [2.05, 4.69) is 26.2 Å². The molecule has 0 unspecified atom stereocenters. The molecule has 0 atom stereocenters. The Hall–Kier alpha value is -3.18. The molecule has 134 valence electrons. The molecule has 0 spiro atoms. The first-order valence-corrected chi connectivity index (χ1v) is 9.43. The molecule has 0 N–H and O–H groups in total. The molecule has 3 aromatic heterocycles. The Labute approximate surface area is 160 Å². The lowest BCUT2D eigenvalue weighted by atomic mass is 10.2. The lowest BCUT2D eigenvalue weighted by molar-refractivity contribution is 0.824. The van der Waals surface area contributed by atoms with Gasteiger partial charge in [-0.3, -0.25) is 0 Å². The first-order chi connectivity index (χ1) is 13.1. The van der Waals surface area contributed by atoms with Gasteiger partial charge in [0, 0.05) is 17.1 Å². The SMILES string of the molecule is Cc1cc(C)n2nc(SCc3c(C#N)c(C)nn3-c3ccccc3)nc2n1. The Bertz CT molecular complexity index is 1170. The van der Waals surface area contributed by atoms with Gasteiger partial charge in [-0.05, 0) is 39.0 Å². The summed E-state index contributed by atoms with van der Waals surface area (Å²) in [6.45, 7) is 5.77. The second-order valence-electron chi connectivity index (χ2n) is 6.20. The minimum absolute atomic E-state index is 0.535. The number of rotatable bonds is 4. The molecule has 0 amide bonds. The fourth-order valence-electron chi connectivity index (χ4n) is 2.98. The number of nitriles is 1. The smallest absolute Gasteiger partial charge is 0.235 e. The third-order valence-electron chi connectivity index (χ3n) is 4.21. The lowest BCUT2D eigenvalue weighted by Gasteiger charge is -2.06. The van der Waals surface area contributed by atoms with Crippen molar-refractivity contribution in [2.75, 3.05) is 0 Å². The van der Waals surface area contributed by atoms with Crippen molar-refractivity contribution in [1.82, 2.24) is 29.4 Å². The van der Waals surface area contributed by atoms with Gasteiger partial charge in [0.05, 0.1) is 22.6 Å². The van der Waals surface area contributed by atoms with Crippen molar-refractivity contribution < 1.29 is 0 Å². The molecule has 7 nitrogen and oxygen atoms in total. The topological polar surface area (TPSA) is 84.7 Å². The van der Waals surface area contributed by atoms with Gasteiger partial charge in [0.2, 0.25) is 5.16 Å². The molecule has 8 heteroatoms. The molecule has 0 aliphatic carbocycles. The van der Waals surface area contributed by atoms with Crippen LogP contribution in [0, 0.1) is 32.1 Å². The molecule has 0 aliphatic rings. The molecule has 27 heavy (non-hydrogen) atoms. The summed E-state index contributed by atoms with van der Waals surface area (Å²) in [6.07, 6.45) is 0. The van der Waals surface area contributed by atoms with Gasteiger partial charge in [-0.25, -0.2) is 14.2 Å². The second kappa shape index (κ2) is 6.85. The zero-order chi connectivity index (χ0) is 19.0. The summed E-state index contributed by atoms with van der Waals surface area (Å²) in [5.74, 6) is 1.12. The number of hydrogen-bond donors (Lipinski definition) is 0. The Balaban J connectivity index is 1.69. The van der Waals surface area contributed by atoms with Crippen LogP contribution in [0.3, 0.4) is 0 Å². The maximum absolute atomic E-state index is 9.58. The normalized spacial score (nSPS) is 11.0. The van der Waals surface area contributed by atoms with Gasteiger partial charge in [0.15, 0.2) is 0 Å². The molecule has 0 aliphatic heterocycles. The number of benzene rings is 1. The number of thioether (sulfide) groups is 1. The van der Waals surface area contributed by atoms with Gasteiger partial charge in [-0.2, -0.15) is 15.3 Å². The molecule has 4 rings (SSSR count). The predicted molar refractivity (Wildman–Crippen MR) is 103 cm³/mol. The van der Waals surface area contributed by atoms with Gasteiger partial charge in [0.1, 0.15) is 6.07 Å². The number of fused-ring (bicyclic) bond motifs is 1. The highest BCUT2D eigenvalue weighted by Gasteiger charge is 2.18. The fourth-order valence-corrected chi connectivity index (χ4v) is 3.80. The summed E-state index contributed by atoms with van der Waals surface area (Å²) in [7, 11) is 0. The van der Waals surface area contributed by atoms with E-state index in [4.69, 9.17) is 0 Å². The van der Waals surface area contributed by atoms with E-state index >= 15 is 0 Å². The summed E-state index contributed by atoms with van der Waals surface area (Å²) in [5, 5.41) is 19.3. The number of aromatic nitrogens is 6. The highest BCUT2D eigenvalue weighted by atomic mass is 32.2. The monoisotopic (exact) mass is 375 g/mol. The van der Waals surface area contributed by atoms with Crippen molar-refractivity contribution in [3.8, 4) is 11.8 Å². The van der Waals surface area contributed by atoms with E-state index in [0.717, 1.165) is 22.8 Å². The van der Waals surface area contributed by atoms with Crippen molar-refractivity contribution in [2.24, 2.45) is 0 Å². The predicted octanol–water partition coefficient (Wildman–Crippen LogP) is 3.40. The van der Waals surface area contributed by atoms with Crippen LogP contribution >= 0.6 is 11.8 Å². The van der Waals surface area contributed by atoms with Crippen LogP contribution < -0.4 is 0 Å². The molecule has 1 aromatic carbocycles. The minimum Gasteiger partial charge on any atom is -0.235 e. The van der Waals surface area contributed by atoms with E-state index in [9.17, 15) is 5.26 Å². The minimum atomic E-state index is 0.535. The molecule has 0 saturated heterocycles. The van der Waals surface area contributed by atoms with Gasteiger partial charge in [0.25, 0.3) is 5.78 Å². The van der Waals surface area contributed by atoms with Crippen LogP contribution in [0.5, 0.6) is 0 Å². The quantitative estimate of drug-likeness (QED) is 0.508. The average Bonchev–Trinajstić information content (AvgIpc) is 3.21. The Morgan fingerprint density at radius 1 is 1.07 bits per heavy atom. The van der Waals surface area contributed by atoms with Crippen LogP contribution in [0.15, 0.2) is 41.6 Å². The zero-order valence-corrected chi connectivity index (χ0v) is 16.0. The molecular weight excluding hydrogens is 358 g/mol. The van der Waals surface area contributed by atoms with Crippen molar-refractivity contribution in [1.29, 1.82) is 5.26 Å². The largest absolute Gasteiger partial charge is 0.253 e. The van der Waals surface area contributed by atoms with Crippen molar-refractivity contribution >= 4 is 17.5 Å². The van der Waals surface area contributed by atoms with Crippen LogP contribution in [0.1, 0.15) is 28.3 Å². The number of nitrogens with zero attached hydrogens (tertiary/aromatic N) is 7. The summed E-state index contributed by atoms with van der Waals surface area (Å²) in [4.78, 5) is 8.93. The number of hydrogen-bond acceptors (Lipinski definition) is 6. The van der Waals surface area contributed by atoms with E-state index in [-0.39, 0.29) is 0 Å². The van der Waals surface area contributed by atoms with Crippen LogP contribution in [0.2, 0.25) is 0 Å². The van der Waals surface area contributed by atoms with Crippen molar-refractivity contribution in [3.05, 3.63) is 64.7 Å². The average molecular weight is 375 g/mol. The number of aryl methyl sites for hydroxylation is 3. The molecule has 4 aromatic rings. The van der Waals surface area contributed by atoms with Crippen molar-refractivity contribution in [2.45, 2.75) is 31.7 Å². The van der Waals surface area contributed by atoms with Crippen LogP contribution in [0.4, 0.5) is 0 Å². The maximum atomic E-state index is 9.58. The van der Waals surface area contributed by atoms with Crippen LogP contribution in [0.25, 0.3) is 11.5 Å². The Morgan fingerprint density at radius 3 is 2.59 bits per heavy atom. The van der Waals surface area contributed by atoms with E-state index in [1.54, 1.807) is 4.52 Å². The maximum Gasteiger partial charge on any atom is 0.253 e. The third kappa shape index (κ3) is 3.17. The van der Waals surface area contributed by atoms with E-state index in [1.165, 1.54) is 11.8 Å². The Kier molecular flexibility index (Phi) is 4.38. The zero-order valence-electron chi connectivity index (χ0n) is 15.2. The van der Waals surface area contributed by atoms with Crippen LogP contribution in [-0.4, -0.2) is 29.4 Å². The van der Waals surface area contributed by atoms with E-state index in [1.807, 2.05) is 61.9 Å². The Morgan fingerprint density at radius 2 is 1.85 bits per heavy atom. The molecule has 0 saturated carbocycles. The summed E-state index contributed by atoms with van der Waals surface area (Å²) < 4.78 is 3.56.